The lowest BCUT2D eigenvalue weighted by molar-refractivity contribution is -0.0858. The molecule has 1 aliphatic rings. The fourth-order valence-corrected chi connectivity index (χ4v) is 2.33. The summed E-state index contributed by atoms with van der Waals surface area (Å²) in [5, 5.41) is 15.0. The predicted molar refractivity (Wildman–Crippen MR) is 73.7 cm³/mol. The fourth-order valence-electron chi connectivity index (χ4n) is 2.33. The maximum atomic E-state index is 12.4. The Bertz CT molecular complexity index is 626. The quantitative estimate of drug-likeness (QED) is 0.529. The van der Waals surface area contributed by atoms with Gasteiger partial charge in [-0.05, 0) is 31.0 Å². The molecular formula is C15H15N3O2. The van der Waals surface area contributed by atoms with Crippen LogP contribution in [0.1, 0.15) is 23.3 Å². The minimum absolute atomic E-state index is 0.179. The van der Waals surface area contributed by atoms with E-state index in [1.807, 2.05) is 42.5 Å². The van der Waals surface area contributed by atoms with Crippen molar-refractivity contribution in [3.63, 3.8) is 0 Å². The number of para-hydroxylation sites is 1. The molecule has 1 heterocycles. The largest absolute Gasteiger partial charge is 0.296 e. The van der Waals surface area contributed by atoms with Gasteiger partial charge in [-0.2, -0.15) is 5.10 Å². The second-order valence-electron chi connectivity index (χ2n) is 4.71. The van der Waals surface area contributed by atoms with E-state index in [1.165, 1.54) is 4.68 Å². The van der Waals surface area contributed by atoms with Gasteiger partial charge in [0.2, 0.25) is 0 Å². The van der Waals surface area contributed by atoms with Crippen LogP contribution in [0.2, 0.25) is 0 Å². The molecule has 0 spiro atoms. The number of amides is 1. The minimum Gasteiger partial charge on any atom is -0.285 e. The van der Waals surface area contributed by atoms with E-state index in [1.54, 1.807) is 12.3 Å². The Labute approximate surface area is 116 Å². The molecule has 5 nitrogen and oxygen atoms in total. The summed E-state index contributed by atoms with van der Waals surface area (Å²) >= 11 is 0. The van der Waals surface area contributed by atoms with Crippen molar-refractivity contribution in [2.24, 2.45) is 0 Å². The predicted octanol–water partition coefficient (Wildman–Crippen LogP) is 2.42. The molecule has 102 valence electrons. The van der Waals surface area contributed by atoms with E-state index in [9.17, 15) is 10.0 Å². The summed E-state index contributed by atoms with van der Waals surface area (Å²) in [6.07, 6.45) is 6.86. The Morgan fingerprint density at radius 2 is 1.90 bits per heavy atom. The average molecular weight is 269 g/mol. The fraction of sp³-hybridized carbons (Fsp3) is 0.200. The molecule has 1 aromatic heterocycles. The number of rotatable bonds is 3. The molecule has 0 fully saturated rings. The summed E-state index contributed by atoms with van der Waals surface area (Å²) in [5.74, 6) is -0.431. The number of hydrogen-bond donors (Lipinski definition) is 1. The molecule has 0 aliphatic heterocycles. The van der Waals surface area contributed by atoms with Crippen LogP contribution < -0.4 is 0 Å². The van der Waals surface area contributed by atoms with Crippen molar-refractivity contribution in [2.45, 2.75) is 18.9 Å². The van der Waals surface area contributed by atoms with E-state index < -0.39 is 5.91 Å². The summed E-state index contributed by atoms with van der Waals surface area (Å²) < 4.78 is 1.54. The van der Waals surface area contributed by atoms with Crippen molar-refractivity contribution in [3.05, 3.63) is 60.4 Å². The molecule has 5 heteroatoms. The maximum Gasteiger partial charge on any atom is 0.296 e. The monoisotopic (exact) mass is 269 g/mol. The smallest absolute Gasteiger partial charge is 0.285 e. The van der Waals surface area contributed by atoms with E-state index in [4.69, 9.17) is 0 Å². The summed E-state index contributed by atoms with van der Waals surface area (Å²) in [5.41, 5.74) is 1.14. The lowest BCUT2D eigenvalue weighted by atomic mass is 10.2. The Morgan fingerprint density at radius 3 is 2.60 bits per heavy atom. The molecule has 2 aromatic rings. The lowest BCUT2D eigenvalue weighted by Gasteiger charge is -2.22. The number of carbonyl (C=O) groups is 1. The van der Waals surface area contributed by atoms with Crippen molar-refractivity contribution < 1.29 is 10.0 Å². The molecule has 3 rings (SSSR count). The Kier molecular flexibility index (Phi) is 3.35. The molecule has 0 unspecified atom stereocenters. The molecule has 0 bridgehead atoms. The van der Waals surface area contributed by atoms with Gasteiger partial charge in [0.25, 0.3) is 5.91 Å². The van der Waals surface area contributed by atoms with Gasteiger partial charge in [0.1, 0.15) is 5.69 Å². The first-order valence-electron chi connectivity index (χ1n) is 6.54. The first-order chi connectivity index (χ1) is 9.77. The molecule has 0 radical (unpaired) electrons. The van der Waals surface area contributed by atoms with Gasteiger partial charge < -0.3 is 0 Å². The first kappa shape index (κ1) is 12.6. The van der Waals surface area contributed by atoms with Gasteiger partial charge in [-0.3, -0.25) is 10.0 Å². The van der Waals surface area contributed by atoms with Gasteiger partial charge in [0.05, 0.1) is 17.9 Å². The number of carbonyl (C=O) groups excluding carboxylic acids is 1. The van der Waals surface area contributed by atoms with E-state index in [2.05, 4.69) is 5.10 Å². The van der Waals surface area contributed by atoms with Crippen LogP contribution in [0.15, 0.2) is 54.7 Å². The van der Waals surface area contributed by atoms with E-state index in [0.29, 0.717) is 18.5 Å². The number of aromatic nitrogens is 2. The van der Waals surface area contributed by atoms with Crippen LogP contribution in [-0.2, 0) is 0 Å². The van der Waals surface area contributed by atoms with Crippen molar-refractivity contribution in [3.8, 4) is 5.69 Å². The van der Waals surface area contributed by atoms with E-state index in [0.717, 1.165) is 10.8 Å². The average Bonchev–Trinajstić information content (AvgIpc) is 3.17. The van der Waals surface area contributed by atoms with Crippen LogP contribution in [0.5, 0.6) is 0 Å². The van der Waals surface area contributed by atoms with Gasteiger partial charge in [-0.1, -0.05) is 30.4 Å². The van der Waals surface area contributed by atoms with Crippen LogP contribution in [0, 0.1) is 0 Å². The van der Waals surface area contributed by atoms with E-state index >= 15 is 0 Å². The molecule has 0 saturated carbocycles. The Morgan fingerprint density at radius 1 is 1.20 bits per heavy atom. The summed E-state index contributed by atoms with van der Waals surface area (Å²) in [6, 6.07) is 10.8. The Balaban J connectivity index is 1.88. The minimum atomic E-state index is -0.431. The van der Waals surface area contributed by atoms with E-state index in [-0.39, 0.29) is 6.04 Å². The zero-order valence-corrected chi connectivity index (χ0v) is 10.9. The number of nitrogens with zero attached hydrogens (tertiary/aromatic N) is 3. The standard InChI is InChI=1S/C15H15N3O2/c19-15(18(20)13-8-4-5-9-13)14-10-11-16-17(14)12-6-2-1-3-7-12/h1-7,10-11,13,20H,8-9H2. The SMILES string of the molecule is O=C(c1ccnn1-c1ccccc1)N(O)C1CC=CC1. The second-order valence-corrected chi connectivity index (χ2v) is 4.71. The van der Waals surface area contributed by atoms with Gasteiger partial charge in [0, 0.05) is 0 Å². The van der Waals surface area contributed by atoms with Crippen molar-refractivity contribution >= 4 is 5.91 Å². The van der Waals surface area contributed by atoms with Crippen LogP contribution in [0.3, 0.4) is 0 Å². The van der Waals surface area contributed by atoms with Crippen molar-refractivity contribution in [1.82, 2.24) is 14.8 Å². The highest BCUT2D eigenvalue weighted by Crippen LogP contribution is 2.19. The number of hydroxylamine groups is 2. The topological polar surface area (TPSA) is 58.4 Å². The first-order valence-corrected chi connectivity index (χ1v) is 6.54. The number of benzene rings is 1. The molecule has 0 saturated heterocycles. The van der Waals surface area contributed by atoms with Crippen LogP contribution in [0.25, 0.3) is 5.69 Å². The third kappa shape index (κ3) is 2.23. The third-order valence-electron chi connectivity index (χ3n) is 3.40. The molecule has 1 aromatic carbocycles. The molecule has 1 amide bonds. The van der Waals surface area contributed by atoms with Crippen LogP contribution in [-0.4, -0.2) is 32.0 Å². The third-order valence-corrected chi connectivity index (χ3v) is 3.40. The van der Waals surface area contributed by atoms with Crippen molar-refractivity contribution in [1.29, 1.82) is 0 Å². The van der Waals surface area contributed by atoms with Gasteiger partial charge in [-0.15, -0.1) is 0 Å². The highest BCUT2D eigenvalue weighted by Gasteiger charge is 2.26. The second kappa shape index (κ2) is 5.30. The van der Waals surface area contributed by atoms with Crippen LogP contribution >= 0.6 is 0 Å². The van der Waals surface area contributed by atoms with Gasteiger partial charge in [0.15, 0.2) is 0 Å². The van der Waals surface area contributed by atoms with Gasteiger partial charge >= 0.3 is 0 Å². The molecule has 20 heavy (non-hydrogen) atoms. The van der Waals surface area contributed by atoms with Crippen molar-refractivity contribution in [2.75, 3.05) is 0 Å². The van der Waals surface area contributed by atoms with Crippen LogP contribution in [0.4, 0.5) is 0 Å². The summed E-state index contributed by atoms with van der Waals surface area (Å²) in [6.45, 7) is 0. The zero-order chi connectivity index (χ0) is 13.9. The Hall–Kier alpha value is -2.40. The highest BCUT2D eigenvalue weighted by molar-refractivity contribution is 5.92. The molecule has 1 aliphatic carbocycles. The molecule has 1 N–H and O–H groups in total. The molecule has 0 atom stereocenters. The number of hydrogen-bond acceptors (Lipinski definition) is 3. The zero-order valence-electron chi connectivity index (χ0n) is 10.9. The summed E-state index contributed by atoms with van der Waals surface area (Å²) in [7, 11) is 0. The summed E-state index contributed by atoms with van der Waals surface area (Å²) in [4.78, 5) is 12.4. The lowest BCUT2D eigenvalue weighted by Crippen LogP contribution is -2.37. The maximum absolute atomic E-state index is 12.4. The van der Waals surface area contributed by atoms with Gasteiger partial charge in [-0.25, -0.2) is 9.75 Å². The molecular weight excluding hydrogens is 254 g/mol. The normalized spacial score (nSPS) is 14.7. The highest BCUT2D eigenvalue weighted by atomic mass is 16.5.